The summed E-state index contributed by atoms with van der Waals surface area (Å²) < 4.78 is 5.12. The number of carbonyl (C=O) groups is 1. The van der Waals surface area contributed by atoms with Crippen molar-refractivity contribution in [3.8, 4) is 0 Å². The molecule has 1 atom stereocenters. The monoisotopic (exact) mass is 284 g/mol. The lowest BCUT2D eigenvalue weighted by Gasteiger charge is -2.18. The van der Waals surface area contributed by atoms with E-state index in [2.05, 4.69) is 31.1 Å². The van der Waals surface area contributed by atoms with E-state index in [-0.39, 0.29) is 17.4 Å². The largest absolute Gasteiger partial charge is 0.465 e. The molecule has 0 aliphatic heterocycles. The fourth-order valence-corrected chi connectivity index (χ4v) is 2.53. The first-order chi connectivity index (χ1) is 8.75. The van der Waals surface area contributed by atoms with E-state index in [1.165, 1.54) is 0 Å². The van der Waals surface area contributed by atoms with Crippen LogP contribution in [0.2, 0.25) is 0 Å². The molecule has 0 aliphatic carbocycles. The molecule has 19 heavy (non-hydrogen) atoms. The van der Waals surface area contributed by atoms with Gasteiger partial charge in [0.1, 0.15) is 6.04 Å². The summed E-state index contributed by atoms with van der Waals surface area (Å²) in [6.07, 6.45) is 0. The highest BCUT2D eigenvalue weighted by molar-refractivity contribution is 7.09. The van der Waals surface area contributed by atoms with Gasteiger partial charge in [-0.05, 0) is 20.8 Å². The SMILES string of the molecule is CCOC(=O)C(NC(C)C)c1csc(C(C)(C)C)n1. The van der Waals surface area contributed by atoms with Crippen molar-refractivity contribution in [2.45, 2.75) is 59.0 Å². The van der Waals surface area contributed by atoms with Gasteiger partial charge in [-0.15, -0.1) is 11.3 Å². The second kappa shape index (κ2) is 6.48. The van der Waals surface area contributed by atoms with Crippen molar-refractivity contribution in [3.63, 3.8) is 0 Å². The number of hydrogen-bond acceptors (Lipinski definition) is 5. The Kier molecular flexibility index (Phi) is 5.50. The predicted molar refractivity (Wildman–Crippen MR) is 78.5 cm³/mol. The number of hydrogen-bond donors (Lipinski definition) is 1. The van der Waals surface area contributed by atoms with E-state index in [4.69, 9.17) is 4.74 Å². The summed E-state index contributed by atoms with van der Waals surface area (Å²) in [6.45, 7) is 12.5. The maximum atomic E-state index is 12.0. The summed E-state index contributed by atoms with van der Waals surface area (Å²) in [6, 6.07) is -0.290. The molecule has 0 saturated carbocycles. The Hall–Kier alpha value is -0.940. The van der Waals surface area contributed by atoms with Crippen LogP contribution >= 0.6 is 11.3 Å². The zero-order valence-corrected chi connectivity index (χ0v) is 13.4. The third-order valence-corrected chi connectivity index (χ3v) is 3.77. The number of esters is 1. The van der Waals surface area contributed by atoms with Gasteiger partial charge in [0.15, 0.2) is 0 Å². The first kappa shape index (κ1) is 16.1. The average Bonchev–Trinajstić information content (AvgIpc) is 2.74. The Morgan fingerprint density at radius 3 is 2.53 bits per heavy atom. The highest BCUT2D eigenvalue weighted by Crippen LogP contribution is 2.28. The molecular formula is C14H24N2O2S. The van der Waals surface area contributed by atoms with Crippen LogP contribution in [0.3, 0.4) is 0 Å². The van der Waals surface area contributed by atoms with Gasteiger partial charge in [-0.1, -0.05) is 20.8 Å². The van der Waals surface area contributed by atoms with E-state index in [0.29, 0.717) is 6.61 Å². The molecule has 1 aromatic rings. The van der Waals surface area contributed by atoms with E-state index >= 15 is 0 Å². The standard InChI is InChI=1S/C14H24N2O2S/c1-7-18-12(17)11(15-9(2)3)10-8-19-13(16-10)14(4,5)6/h8-9,11,15H,7H2,1-6H3. The lowest BCUT2D eigenvalue weighted by atomic mass is 9.98. The first-order valence-electron chi connectivity index (χ1n) is 6.64. The Labute approximate surface area is 119 Å². The van der Waals surface area contributed by atoms with Crippen LogP contribution in [0.4, 0.5) is 0 Å². The van der Waals surface area contributed by atoms with Gasteiger partial charge in [-0.25, -0.2) is 9.78 Å². The van der Waals surface area contributed by atoms with E-state index in [0.717, 1.165) is 10.7 Å². The molecule has 4 nitrogen and oxygen atoms in total. The summed E-state index contributed by atoms with van der Waals surface area (Å²) in [4.78, 5) is 16.6. The minimum absolute atomic E-state index is 0.0000412. The highest BCUT2D eigenvalue weighted by Gasteiger charge is 2.27. The Morgan fingerprint density at radius 2 is 2.11 bits per heavy atom. The molecule has 0 radical (unpaired) electrons. The van der Waals surface area contributed by atoms with Crippen LogP contribution in [-0.4, -0.2) is 23.6 Å². The van der Waals surface area contributed by atoms with Crippen LogP contribution < -0.4 is 5.32 Å². The fraction of sp³-hybridized carbons (Fsp3) is 0.714. The van der Waals surface area contributed by atoms with Crippen molar-refractivity contribution < 1.29 is 9.53 Å². The predicted octanol–water partition coefficient (Wildman–Crippen LogP) is 3.04. The highest BCUT2D eigenvalue weighted by atomic mass is 32.1. The second-order valence-corrected chi connectivity index (χ2v) is 6.69. The van der Waals surface area contributed by atoms with Crippen molar-refractivity contribution in [3.05, 3.63) is 16.1 Å². The second-order valence-electron chi connectivity index (χ2n) is 5.83. The molecule has 0 fully saturated rings. The smallest absolute Gasteiger partial charge is 0.329 e. The van der Waals surface area contributed by atoms with Crippen LogP contribution in [0.1, 0.15) is 58.3 Å². The van der Waals surface area contributed by atoms with Gasteiger partial charge in [0.2, 0.25) is 0 Å². The van der Waals surface area contributed by atoms with Gasteiger partial charge in [-0.2, -0.15) is 0 Å². The number of ether oxygens (including phenoxy) is 1. The van der Waals surface area contributed by atoms with Gasteiger partial charge in [0, 0.05) is 16.8 Å². The molecule has 1 rings (SSSR count). The van der Waals surface area contributed by atoms with Crippen LogP contribution in [-0.2, 0) is 14.9 Å². The van der Waals surface area contributed by atoms with Gasteiger partial charge in [0.05, 0.1) is 17.3 Å². The lowest BCUT2D eigenvalue weighted by Crippen LogP contribution is -2.35. The molecule has 5 heteroatoms. The average molecular weight is 284 g/mol. The molecular weight excluding hydrogens is 260 g/mol. The molecule has 0 aromatic carbocycles. The van der Waals surface area contributed by atoms with Crippen LogP contribution in [0.25, 0.3) is 0 Å². The molecule has 1 aromatic heterocycles. The van der Waals surface area contributed by atoms with Gasteiger partial charge in [-0.3, -0.25) is 5.32 Å². The minimum atomic E-state index is -0.479. The van der Waals surface area contributed by atoms with Gasteiger partial charge < -0.3 is 4.74 Å². The number of nitrogens with one attached hydrogen (secondary N) is 1. The zero-order chi connectivity index (χ0) is 14.6. The molecule has 0 bridgehead atoms. The Bertz CT molecular complexity index is 421. The number of nitrogens with zero attached hydrogens (tertiary/aromatic N) is 1. The van der Waals surface area contributed by atoms with E-state index in [1.54, 1.807) is 11.3 Å². The van der Waals surface area contributed by atoms with E-state index in [9.17, 15) is 4.79 Å². The summed E-state index contributed by atoms with van der Waals surface area (Å²) in [5.74, 6) is -0.262. The lowest BCUT2D eigenvalue weighted by molar-refractivity contribution is -0.146. The quantitative estimate of drug-likeness (QED) is 0.844. The first-order valence-corrected chi connectivity index (χ1v) is 7.52. The molecule has 0 spiro atoms. The van der Waals surface area contributed by atoms with Crippen LogP contribution in [0.15, 0.2) is 5.38 Å². The van der Waals surface area contributed by atoms with Crippen molar-refractivity contribution >= 4 is 17.3 Å². The summed E-state index contributed by atoms with van der Waals surface area (Å²) in [5.41, 5.74) is 0.752. The molecule has 0 aliphatic rings. The summed E-state index contributed by atoms with van der Waals surface area (Å²) in [5, 5.41) is 6.19. The van der Waals surface area contributed by atoms with Gasteiger partial charge >= 0.3 is 5.97 Å². The van der Waals surface area contributed by atoms with Crippen LogP contribution in [0.5, 0.6) is 0 Å². The van der Waals surface area contributed by atoms with E-state index < -0.39 is 6.04 Å². The van der Waals surface area contributed by atoms with Gasteiger partial charge in [0.25, 0.3) is 0 Å². The van der Waals surface area contributed by atoms with Crippen LogP contribution in [0, 0.1) is 0 Å². The number of thiazole rings is 1. The van der Waals surface area contributed by atoms with Crippen molar-refractivity contribution in [2.24, 2.45) is 0 Å². The maximum absolute atomic E-state index is 12.0. The topological polar surface area (TPSA) is 51.2 Å². The molecule has 1 unspecified atom stereocenters. The normalized spacial score (nSPS) is 13.6. The number of aromatic nitrogens is 1. The van der Waals surface area contributed by atoms with Crippen molar-refractivity contribution in [2.75, 3.05) is 6.61 Å². The molecule has 1 heterocycles. The van der Waals surface area contributed by atoms with E-state index in [1.807, 2.05) is 26.2 Å². The number of carbonyl (C=O) groups excluding carboxylic acids is 1. The fourth-order valence-electron chi connectivity index (χ4n) is 1.60. The molecule has 0 saturated heterocycles. The van der Waals surface area contributed by atoms with Crippen molar-refractivity contribution in [1.82, 2.24) is 10.3 Å². The third kappa shape index (κ3) is 4.58. The Balaban J connectivity index is 2.97. The summed E-state index contributed by atoms with van der Waals surface area (Å²) >= 11 is 1.59. The third-order valence-electron chi connectivity index (χ3n) is 2.48. The van der Waals surface area contributed by atoms with Crippen molar-refractivity contribution in [1.29, 1.82) is 0 Å². The molecule has 108 valence electrons. The molecule has 1 N–H and O–H groups in total. The minimum Gasteiger partial charge on any atom is -0.465 e. The zero-order valence-electron chi connectivity index (χ0n) is 12.6. The molecule has 0 amide bonds. The summed E-state index contributed by atoms with van der Waals surface area (Å²) in [7, 11) is 0. The maximum Gasteiger partial charge on any atom is 0.329 e. The Morgan fingerprint density at radius 1 is 1.47 bits per heavy atom. The number of rotatable bonds is 5.